The largest absolute Gasteiger partial charge is 0.332 e. The zero-order valence-electron chi connectivity index (χ0n) is 17.2. The molecule has 0 unspecified atom stereocenters. The predicted octanol–water partition coefficient (Wildman–Crippen LogP) is 3.49. The van der Waals surface area contributed by atoms with Gasteiger partial charge in [-0.25, -0.2) is 13.2 Å². The van der Waals surface area contributed by atoms with E-state index in [1.807, 2.05) is 31.2 Å². The van der Waals surface area contributed by atoms with E-state index in [0.29, 0.717) is 24.3 Å². The van der Waals surface area contributed by atoms with E-state index < -0.39 is 17.5 Å². The number of hydrogen-bond acceptors (Lipinski definition) is 3. The highest BCUT2D eigenvalue weighted by Crippen LogP contribution is 2.38. The molecule has 2 aliphatic heterocycles. The van der Waals surface area contributed by atoms with Crippen molar-refractivity contribution in [1.82, 2.24) is 14.7 Å². The number of rotatable bonds is 3. The maximum atomic E-state index is 13.6. The Kier molecular flexibility index (Phi) is 4.76. The minimum Gasteiger partial charge on any atom is -0.332 e. The molecule has 0 saturated carbocycles. The van der Waals surface area contributed by atoms with E-state index in [9.17, 15) is 22.8 Å². The van der Waals surface area contributed by atoms with E-state index in [0.717, 1.165) is 23.4 Å². The van der Waals surface area contributed by atoms with Crippen molar-refractivity contribution < 1.29 is 22.8 Å². The Morgan fingerprint density at radius 3 is 2.59 bits per heavy atom. The second kappa shape index (κ2) is 7.51. The van der Waals surface area contributed by atoms with Gasteiger partial charge >= 0.3 is 0 Å². The van der Waals surface area contributed by atoms with Gasteiger partial charge in [-0.3, -0.25) is 19.2 Å². The molecular formula is C23H19F3N4O2. The summed E-state index contributed by atoms with van der Waals surface area (Å²) in [4.78, 5) is 28.9. The fraction of sp³-hybridized carbons (Fsp3) is 0.261. The Morgan fingerprint density at radius 2 is 1.84 bits per heavy atom. The van der Waals surface area contributed by atoms with Crippen molar-refractivity contribution in [3.63, 3.8) is 0 Å². The van der Waals surface area contributed by atoms with Crippen LogP contribution in [0.4, 0.5) is 24.5 Å². The number of para-hydroxylation sites is 1. The lowest BCUT2D eigenvalue weighted by Crippen LogP contribution is -2.46. The van der Waals surface area contributed by atoms with E-state index in [1.54, 1.807) is 20.7 Å². The summed E-state index contributed by atoms with van der Waals surface area (Å²) in [5.74, 6) is -4.64. The molecule has 5 rings (SSSR count). The third kappa shape index (κ3) is 3.24. The van der Waals surface area contributed by atoms with E-state index >= 15 is 0 Å². The van der Waals surface area contributed by atoms with E-state index in [-0.39, 0.29) is 36.4 Å². The van der Waals surface area contributed by atoms with E-state index in [1.165, 1.54) is 0 Å². The van der Waals surface area contributed by atoms with Crippen LogP contribution in [0.25, 0.3) is 0 Å². The highest BCUT2D eigenvalue weighted by molar-refractivity contribution is 6.07. The lowest BCUT2D eigenvalue weighted by atomic mass is 10.1. The molecule has 164 valence electrons. The van der Waals surface area contributed by atoms with Gasteiger partial charge in [-0.2, -0.15) is 5.10 Å². The number of hydrogen-bond donors (Lipinski definition) is 0. The molecule has 32 heavy (non-hydrogen) atoms. The van der Waals surface area contributed by atoms with Crippen molar-refractivity contribution in [2.24, 2.45) is 0 Å². The molecule has 2 amide bonds. The number of carbonyl (C=O) groups is 2. The Hall–Kier alpha value is -3.62. The molecule has 0 bridgehead atoms. The number of amides is 2. The summed E-state index contributed by atoms with van der Waals surface area (Å²) in [6.07, 6.45) is 1.65. The average Bonchev–Trinajstić information content (AvgIpc) is 3.30. The van der Waals surface area contributed by atoms with Gasteiger partial charge in [0.25, 0.3) is 0 Å². The first kappa shape index (κ1) is 20.3. The second-order valence-corrected chi connectivity index (χ2v) is 8.11. The van der Waals surface area contributed by atoms with Gasteiger partial charge in [0, 0.05) is 6.04 Å². The monoisotopic (exact) mass is 440 g/mol. The van der Waals surface area contributed by atoms with Gasteiger partial charge in [0.1, 0.15) is 0 Å². The quantitative estimate of drug-likeness (QED) is 0.586. The molecule has 3 aromatic rings. The maximum absolute atomic E-state index is 13.6. The van der Waals surface area contributed by atoms with Crippen molar-refractivity contribution in [3.05, 3.63) is 76.9 Å². The van der Waals surface area contributed by atoms with Gasteiger partial charge in [0.2, 0.25) is 11.8 Å². The van der Waals surface area contributed by atoms with Crippen LogP contribution in [-0.4, -0.2) is 32.5 Å². The third-order valence-electron chi connectivity index (χ3n) is 6.00. The summed E-state index contributed by atoms with van der Waals surface area (Å²) in [5.41, 5.74) is 3.10. The number of benzene rings is 2. The fourth-order valence-electron chi connectivity index (χ4n) is 4.41. The Labute approximate surface area is 181 Å². The molecule has 2 aliphatic rings. The number of nitrogens with zero attached hydrogens (tertiary/aromatic N) is 4. The molecular weight excluding hydrogens is 421 g/mol. The number of halogens is 3. The molecule has 9 heteroatoms. The van der Waals surface area contributed by atoms with Gasteiger partial charge in [-0.1, -0.05) is 18.2 Å². The van der Waals surface area contributed by atoms with Crippen LogP contribution in [-0.2, 0) is 35.5 Å². The van der Waals surface area contributed by atoms with Gasteiger partial charge in [-0.05, 0) is 36.2 Å². The smallest absolute Gasteiger partial charge is 0.236 e. The van der Waals surface area contributed by atoms with Crippen molar-refractivity contribution >= 4 is 23.2 Å². The normalized spacial score (nSPS) is 17.5. The third-order valence-corrected chi connectivity index (χ3v) is 6.00. The molecule has 0 saturated heterocycles. The molecule has 0 spiro atoms. The van der Waals surface area contributed by atoms with Gasteiger partial charge < -0.3 is 4.90 Å². The average molecular weight is 440 g/mol. The van der Waals surface area contributed by atoms with Crippen LogP contribution in [0.5, 0.6) is 0 Å². The van der Waals surface area contributed by atoms with E-state index in [4.69, 9.17) is 0 Å². The highest BCUT2D eigenvalue weighted by atomic mass is 19.2. The summed E-state index contributed by atoms with van der Waals surface area (Å²) < 4.78 is 42.1. The zero-order valence-corrected chi connectivity index (χ0v) is 17.2. The van der Waals surface area contributed by atoms with Crippen LogP contribution < -0.4 is 4.90 Å². The van der Waals surface area contributed by atoms with Crippen LogP contribution in [0, 0.1) is 17.5 Å². The fourth-order valence-corrected chi connectivity index (χ4v) is 4.41. The number of aromatic nitrogens is 2. The first-order valence-corrected chi connectivity index (χ1v) is 10.2. The summed E-state index contributed by atoms with van der Waals surface area (Å²) in [5, 5.41) is 4.41. The minimum absolute atomic E-state index is 0.0570. The van der Waals surface area contributed by atoms with Crippen LogP contribution in [0.15, 0.2) is 42.6 Å². The topological polar surface area (TPSA) is 58.4 Å². The summed E-state index contributed by atoms with van der Waals surface area (Å²) >= 11 is 0. The molecule has 0 aliphatic carbocycles. The minimum atomic E-state index is -1.56. The summed E-state index contributed by atoms with van der Waals surface area (Å²) in [7, 11) is 0. The molecule has 1 atom stereocenters. The molecule has 0 radical (unpaired) electrons. The van der Waals surface area contributed by atoms with Crippen LogP contribution in [0.2, 0.25) is 0 Å². The molecule has 2 aromatic carbocycles. The van der Waals surface area contributed by atoms with Gasteiger partial charge in [-0.15, -0.1) is 0 Å². The van der Waals surface area contributed by atoms with Gasteiger partial charge in [0.05, 0.1) is 49.2 Å². The Bertz CT molecular complexity index is 1230. The zero-order chi connectivity index (χ0) is 22.6. The first-order valence-electron chi connectivity index (χ1n) is 10.2. The predicted molar refractivity (Wildman–Crippen MR) is 110 cm³/mol. The van der Waals surface area contributed by atoms with E-state index in [2.05, 4.69) is 5.10 Å². The van der Waals surface area contributed by atoms with Crippen molar-refractivity contribution in [3.8, 4) is 0 Å². The van der Waals surface area contributed by atoms with Gasteiger partial charge in [0.15, 0.2) is 17.5 Å². The Morgan fingerprint density at radius 1 is 1.12 bits per heavy atom. The SMILES string of the molecule is C[C@H]1Cn2ncc(N3C(=O)Cc4ccccc43)c2CN1C(=O)Cc1cc(F)c(F)c(F)c1. The van der Waals surface area contributed by atoms with Crippen LogP contribution in [0.1, 0.15) is 23.7 Å². The molecule has 1 aromatic heterocycles. The van der Waals surface area contributed by atoms with Crippen molar-refractivity contribution in [1.29, 1.82) is 0 Å². The Balaban J connectivity index is 1.43. The second-order valence-electron chi connectivity index (χ2n) is 8.11. The number of anilines is 2. The molecule has 3 heterocycles. The van der Waals surface area contributed by atoms with Crippen molar-refractivity contribution in [2.45, 2.75) is 38.9 Å². The molecule has 6 nitrogen and oxygen atoms in total. The molecule has 0 fully saturated rings. The van der Waals surface area contributed by atoms with Crippen LogP contribution in [0.3, 0.4) is 0 Å². The maximum Gasteiger partial charge on any atom is 0.236 e. The van der Waals surface area contributed by atoms with Crippen LogP contribution >= 0.6 is 0 Å². The highest BCUT2D eigenvalue weighted by Gasteiger charge is 2.35. The standard InChI is InChI=1S/C23H19F3N4O2/c1-13-11-29-20(12-28(13)21(31)8-14-6-16(24)23(26)17(25)7-14)19(10-27-29)30-18-5-3-2-4-15(18)9-22(30)32/h2-7,10,13H,8-9,11-12H2,1H3/t13-/m0/s1. The number of carbonyl (C=O) groups excluding carboxylic acids is 2. The lowest BCUT2D eigenvalue weighted by molar-refractivity contribution is -0.134. The number of fused-ring (bicyclic) bond motifs is 2. The summed E-state index contributed by atoms with van der Waals surface area (Å²) in [6, 6.07) is 8.96. The summed E-state index contributed by atoms with van der Waals surface area (Å²) in [6.45, 7) is 2.45. The molecule has 0 N–H and O–H groups in total. The van der Waals surface area contributed by atoms with Crippen molar-refractivity contribution in [2.75, 3.05) is 4.90 Å². The lowest BCUT2D eigenvalue weighted by Gasteiger charge is -2.35. The first-order chi connectivity index (χ1) is 15.3.